The summed E-state index contributed by atoms with van der Waals surface area (Å²) in [6.45, 7) is 1.35. The molecule has 0 heterocycles. The lowest BCUT2D eigenvalue weighted by Crippen LogP contribution is -2.35. The number of rotatable bonds is 5. The van der Waals surface area contributed by atoms with E-state index in [1.165, 1.54) is 0 Å². The van der Waals surface area contributed by atoms with E-state index in [1.54, 1.807) is 25.9 Å². The summed E-state index contributed by atoms with van der Waals surface area (Å²) in [6, 6.07) is -0.319. The number of carbonyl (C=O) groups excluding carboxylic acids is 1. The van der Waals surface area contributed by atoms with Gasteiger partial charge in [-0.15, -0.1) is 17.0 Å². The lowest BCUT2D eigenvalue weighted by molar-refractivity contribution is -0.144. The summed E-state index contributed by atoms with van der Waals surface area (Å²) in [6.07, 6.45) is 0.340. The minimum atomic E-state index is -0.496. The lowest BCUT2D eigenvalue weighted by atomic mass is 10.3. The van der Waals surface area contributed by atoms with E-state index in [-0.39, 0.29) is 35.6 Å². The predicted molar refractivity (Wildman–Crippen MR) is 55.0 cm³/mol. The lowest BCUT2D eigenvalue weighted by Gasteiger charge is -2.20. The van der Waals surface area contributed by atoms with Crippen molar-refractivity contribution in [2.75, 3.05) is 27.4 Å². The largest absolute Gasteiger partial charge is 0.464 e. The Morgan fingerprint density at radius 2 is 2.08 bits per heavy atom. The van der Waals surface area contributed by atoms with Gasteiger partial charge in [0.1, 0.15) is 13.3 Å². The molecule has 0 amide bonds. The van der Waals surface area contributed by atoms with E-state index in [2.05, 4.69) is 0 Å². The van der Waals surface area contributed by atoms with Crippen molar-refractivity contribution in [2.24, 2.45) is 0 Å². The molecule has 0 rings (SSSR count). The van der Waals surface area contributed by atoms with E-state index in [0.29, 0.717) is 6.42 Å². The van der Waals surface area contributed by atoms with Gasteiger partial charge in [0.2, 0.25) is 0 Å². The number of alkyl halides is 1. The predicted octanol–water partition coefficient (Wildman–Crippen LogP) is 1.42. The smallest absolute Gasteiger partial charge is 0.305 e. The van der Waals surface area contributed by atoms with Gasteiger partial charge in [-0.3, -0.25) is 4.79 Å². The third-order valence-electron chi connectivity index (χ3n) is 1.63. The Bertz CT molecular complexity index is 144. The molecule has 0 aliphatic carbocycles. The van der Waals surface area contributed by atoms with Gasteiger partial charge in [0, 0.05) is 6.42 Å². The van der Waals surface area contributed by atoms with Crippen LogP contribution < -0.4 is 0 Å². The molecule has 0 saturated heterocycles. The van der Waals surface area contributed by atoms with Gasteiger partial charge < -0.3 is 9.64 Å². The summed E-state index contributed by atoms with van der Waals surface area (Å²) in [5, 5.41) is 0. The monoisotopic (exact) mass is 257 g/mol. The number of hydrogen-bond acceptors (Lipinski definition) is 3. The maximum atomic E-state index is 12.2. The summed E-state index contributed by atoms with van der Waals surface area (Å²) < 4.78 is 17.0. The minimum Gasteiger partial charge on any atom is -0.464 e. The van der Waals surface area contributed by atoms with Gasteiger partial charge in [-0.2, -0.15) is 0 Å². The van der Waals surface area contributed by atoms with Gasteiger partial charge in [-0.1, -0.05) is 6.92 Å². The zero-order chi connectivity index (χ0) is 9.56. The molecule has 0 aromatic heterocycles. The Kier molecular flexibility index (Phi) is 9.94. The van der Waals surface area contributed by atoms with Gasteiger partial charge in [-0.25, -0.2) is 4.39 Å². The molecule has 13 heavy (non-hydrogen) atoms. The maximum Gasteiger partial charge on any atom is 0.305 e. The third kappa shape index (κ3) is 6.95. The molecule has 0 fully saturated rings. The quantitative estimate of drug-likeness (QED) is 0.698. The number of esters is 1. The van der Waals surface area contributed by atoms with Gasteiger partial charge in [0.05, 0.1) is 6.04 Å². The van der Waals surface area contributed by atoms with Gasteiger partial charge >= 0.3 is 5.97 Å². The number of hydrogen-bond donors (Lipinski definition) is 0. The Morgan fingerprint density at radius 3 is 2.38 bits per heavy atom. The topological polar surface area (TPSA) is 29.5 Å². The van der Waals surface area contributed by atoms with Crippen LogP contribution in [0.2, 0.25) is 0 Å². The fraction of sp³-hybridized carbons (Fsp3) is 0.875. The Hall–Kier alpha value is -0.160. The zero-order valence-electron chi connectivity index (χ0n) is 8.25. The molecule has 5 heteroatoms. The van der Waals surface area contributed by atoms with Crippen LogP contribution in [0.5, 0.6) is 0 Å². The standard InChI is InChI=1S/C8H16FNO2.BrH/c1-4-8(11)12-6-7(5-9)10(2)3;/h7H,4-6H2,1-3H3;1H. The van der Waals surface area contributed by atoms with Crippen molar-refractivity contribution < 1.29 is 13.9 Å². The Balaban J connectivity index is 0. The van der Waals surface area contributed by atoms with E-state index in [4.69, 9.17) is 4.74 Å². The average molecular weight is 258 g/mol. The Labute approximate surface area is 89.0 Å². The van der Waals surface area contributed by atoms with Gasteiger partial charge in [0.25, 0.3) is 0 Å². The highest BCUT2D eigenvalue weighted by molar-refractivity contribution is 8.93. The van der Waals surface area contributed by atoms with Crippen molar-refractivity contribution in [3.05, 3.63) is 0 Å². The van der Waals surface area contributed by atoms with E-state index < -0.39 is 6.67 Å². The number of halogens is 2. The van der Waals surface area contributed by atoms with Crippen molar-refractivity contribution in [2.45, 2.75) is 19.4 Å². The number of carbonyl (C=O) groups is 1. The van der Waals surface area contributed by atoms with Crippen molar-refractivity contribution in [3.8, 4) is 0 Å². The fourth-order valence-electron chi connectivity index (χ4n) is 0.623. The molecular weight excluding hydrogens is 241 g/mol. The molecule has 3 nitrogen and oxygen atoms in total. The molecule has 0 aromatic rings. The number of ether oxygens (including phenoxy) is 1. The van der Waals surface area contributed by atoms with E-state index in [0.717, 1.165) is 0 Å². The first-order valence-corrected chi connectivity index (χ1v) is 3.99. The molecule has 1 atom stereocenters. The summed E-state index contributed by atoms with van der Waals surface area (Å²) in [7, 11) is 3.51. The molecule has 0 bridgehead atoms. The highest BCUT2D eigenvalue weighted by Gasteiger charge is 2.12. The van der Waals surface area contributed by atoms with Crippen LogP contribution >= 0.6 is 17.0 Å². The second-order valence-corrected chi connectivity index (χ2v) is 2.81. The van der Waals surface area contributed by atoms with Crippen molar-refractivity contribution in [1.29, 1.82) is 0 Å². The van der Waals surface area contributed by atoms with E-state index in [1.807, 2.05) is 0 Å². The SMILES string of the molecule is Br.CCC(=O)OCC(CF)N(C)C. The molecule has 0 N–H and O–H groups in total. The molecule has 0 aliphatic rings. The van der Waals surface area contributed by atoms with Crippen LogP contribution in [0.3, 0.4) is 0 Å². The first kappa shape index (κ1) is 15.3. The number of nitrogens with zero attached hydrogens (tertiary/aromatic N) is 1. The van der Waals surface area contributed by atoms with Crippen LogP contribution in [0.4, 0.5) is 4.39 Å². The minimum absolute atomic E-state index is 0. The first-order valence-electron chi connectivity index (χ1n) is 3.99. The van der Waals surface area contributed by atoms with Crippen molar-refractivity contribution in [3.63, 3.8) is 0 Å². The summed E-state index contributed by atoms with van der Waals surface area (Å²) in [4.78, 5) is 12.4. The summed E-state index contributed by atoms with van der Waals surface area (Å²) >= 11 is 0. The zero-order valence-corrected chi connectivity index (χ0v) is 9.96. The van der Waals surface area contributed by atoms with Crippen LogP contribution in [-0.4, -0.2) is 44.3 Å². The van der Waals surface area contributed by atoms with Crippen LogP contribution in [-0.2, 0) is 9.53 Å². The van der Waals surface area contributed by atoms with E-state index >= 15 is 0 Å². The van der Waals surface area contributed by atoms with Gasteiger partial charge in [-0.05, 0) is 14.1 Å². The molecule has 80 valence electrons. The highest BCUT2D eigenvalue weighted by atomic mass is 79.9. The average Bonchev–Trinajstić information content (AvgIpc) is 2.04. The second-order valence-electron chi connectivity index (χ2n) is 2.81. The molecule has 1 unspecified atom stereocenters. The number of likely N-dealkylation sites (N-methyl/N-ethyl adjacent to an activating group) is 1. The second kappa shape index (κ2) is 8.44. The molecular formula is C8H17BrFNO2. The highest BCUT2D eigenvalue weighted by Crippen LogP contribution is 1.96. The first-order chi connectivity index (χ1) is 5.61. The molecule has 0 spiro atoms. The normalized spacial score (nSPS) is 12.1. The van der Waals surface area contributed by atoms with Crippen LogP contribution in [0, 0.1) is 0 Å². The van der Waals surface area contributed by atoms with Gasteiger partial charge in [0.15, 0.2) is 0 Å². The third-order valence-corrected chi connectivity index (χ3v) is 1.63. The molecule has 0 aliphatic heterocycles. The maximum absolute atomic E-state index is 12.2. The van der Waals surface area contributed by atoms with Crippen molar-refractivity contribution >= 4 is 23.0 Å². The van der Waals surface area contributed by atoms with E-state index in [9.17, 15) is 9.18 Å². The van der Waals surface area contributed by atoms with Crippen LogP contribution in [0.15, 0.2) is 0 Å². The fourth-order valence-corrected chi connectivity index (χ4v) is 0.623. The molecule has 0 radical (unpaired) electrons. The summed E-state index contributed by atoms with van der Waals surface area (Å²) in [5.41, 5.74) is 0. The summed E-state index contributed by atoms with van der Waals surface area (Å²) in [5.74, 6) is -0.282. The van der Waals surface area contributed by atoms with Crippen LogP contribution in [0.1, 0.15) is 13.3 Å². The Morgan fingerprint density at radius 1 is 1.54 bits per heavy atom. The molecule has 0 saturated carbocycles. The molecule has 0 aromatic carbocycles. The van der Waals surface area contributed by atoms with Crippen molar-refractivity contribution in [1.82, 2.24) is 4.90 Å². The van der Waals surface area contributed by atoms with Crippen LogP contribution in [0.25, 0.3) is 0 Å².